The molecule has 0 radical (unpaired) electrons. The largest absolute Gasteiger partial charge is 0.399 e. The number of benzene rings is 1. The monoisotopic (exact) mass is 284 g/mol. The van der Waals surface area contributed by atoms with Gasteiger partial charge in [-0.2, -0.15) is 0 Å². The van der Waals surface area contributed by atoms with Crippen LogP contribution in [0.4, 0.5) is 5.69 Å². The maximum atomic E-state index is 12.3. The summed E-state index contributed by atoms with van der Waals surface area (Å²) in [4.78, 5) is 18.8. The summed E-state index contributed by atoms with van der Waals surface area (Å²) < 4.78 is 1.92. The molecule has 2 N–H and O–H groups in total. The fraction of sp³-hybridized carbons (Fsp3) is 0.375. The Hall–Kier alpha value is -2.30. The Morgan fingerprint density at radius 1 is 1.33 bits per heavy atom. The molecule has 5 nitrogen and oxygen atoms in total. The Morgan fingerprint density at radius 3 is 2.81 bits per heavy atom. The highest BCUT2D eigenvalue weighted by molar-refractivity contribution is 5.77. The van der Waals surface area contributed by atoms with Crippen LogP contribution in [0, 0.1) is 6.92 Å². The molecule has 1 amide bonds. The van der Waals surface area contributed by atoms with Gasteiger partial charge >= 0.3 is 0 Å². The lowest BCUT2D eigenvalue weighted by atomic mass is 10.2. The van der Waals surface area contributed by atoms with Gasteiger partial charge in [0.05, 0.1) is 5.69 Å². The average molecular weight is 284 g/mol. The Labute approximate surface area is 124 Å². The molecule has 21 heavy (non-hydrogen) atoms. The van der Waals surface area contributed by atoms with Gasteiger partial charge in [-0.1, -0.05) is 12.1 Å². The van der Waals surface area contributed by atoms with Gasteiger partial charge in [0.2, 0.25) is 5.91 Å². The number of nitrogens with two attached hydrogens (primary N) is 1. The van der Waals surface area contributed by atoms with Crippen LogP contribution < -0.4 is 5.73 Å². The Morgan fingerprint density at radius 2 is 2.10 bits per heavy atom. The summed E-state index contributed by atoms with van der Waals surface area (Å²) in [6.07, 6.45) is 4.14. The van der Waals surface area contributed by atoms with Gasteiger partial charge in [-0.15, -0.1) is 0 Å². The third-order valence-electron chi connectivity index (χ3n) is 3.81. The van der Waals surface area contributed by atoms with Crippen molar-refractivity contribution in [3.05, 3.63) is 36.2 Å². The molecule has 1 saturated heterocycles. The van der Waals surface area contributed by atoms with Gasteiger partial charge in [-0.05, 0) is 31.9 Å². The number of carbonyl (C=O) groups excluding carboxylic acids is 1. The number of likely N-dealkylation sites (tertiary alicyclic amines) is 1. The molecule has 110 valence electrons. The minimum absolute atomic E-state index is 0.162. The predicted octanol–water partition coefficient (Wildman–Crippen LogP) is 2.06. The number of nitrogen functional groups attached to an aromatic ring is 1. The number of hydrogen-bond donors (Lipinski definition) is 1. The second-order valence-electron chi connectivity index (χ2n) is 5.55. The van der Waals surface area contributed by atoms with Crippen molar-refractivity contribution in [1.29, 1.82) is 0 Å². The summed E-state index contributed by atoms with van der Waals surface area (Å²) in [7, 11) is 0. The SMILES string of the molecule is Cc1cn(CC(=O)N2CCCC2)c(-c2cccc(N)c2)n1. The first-order chi connectivity index (χ1) is 10.1. The summed E-state index contributed by atoms with van der Waals surface area (Å²) in [6.45, 7) is 4.03. The van der Waals surface area contributed by atoms with E-state index in [1.54, 1.807) is 0 Å². The standard InChI is InChI=1S/C16H20N4O/c1-12-10-20(11-15(21)19-7-2-3-8-19)16(18-12)13-5-4-6-14(17)9-13/h4-6,9-10H,2-3,7-8,11,17H2,1H3. The van der Waals surface area contributed by atoms with Crippen LogP contribution in [0.1, 0.15) is 18.5 Å². The summed E-state index contributed by atoms with van der Waals surface area (Å²) in [5, 5.41) is 0. The molecule has 1 aliphatic heterocycles. The van der Waals surface area contributed by atoms with Crippen LogP contribution in [0.5, 0.6) is 0 Å². The number of hydrogen-bond acceptors (Lipinski definition) is 3. The highest BCUT2D eigenvalue weighted by atomic mass is 16.2. The smallest absolute Gasteiger partial charge is 0.242 e. The van der Waals surface area contributed by atoms with Crippen molar-refractivity contribution in [2.45, 2.75) is 26.3 Å². The number of rotatable bonds is 3. The van der Waals surface area contributed by atoms with E-state index in [1.807, 2.05) is 46.9 Å². The molecule has 0 atom stereocenters. The Balaban J connectivity index is 1.87. The van der Waals surface area contributed by atoms with Crippen molar-refractivity contribution >= 4 is 11.6 Å². The average Bonchev–Trinajstić information content (AvgIpc) is 3.08. The molecule has 0 bridgehead atoms. The summed E-state index contributed by atoms with van der Waals surface area (Å²) in [5.41, 5.74) is 8.39. The number of imidazole rings is 1. The zero-order chi connectivity index (χ0) is 14.8. The van der Waals surface area contributed by atoms with E-state index in [0.717, 1.165) is 43.0 Å². The van der Waals surface area contributed by atoms with E-state index in [-0.39, 0.29) is 5.91 Å². The number of aromatic nitrogens is 2. The zero-order valence-corrected chi connectivity index (χ0v) is 12.2. The first-order valence-electron chi connectivity index (χ1n) is 7.31. The molecule has 3 rings (SSSR count). The van der Waals surface area contributed by atoms with Gasteiger partial charge in [0.15, 0.2) is 0 Å². The van der Waals surface area contributed by atoms with Gasteiger partial charge in [-0.25, -0.2) is 4.98 Å². The Bertz CT molecular complexity index is 656. The summed E-state index contributed by atoms with van der Waals surface area (Å²) >= 11 is 0. The first kappa shape index (κ1) is 13.7. The second-order valence-corrected chi connectivity index (χ2v) is 5.55. The fourth-order valence-electron chi connectivity index (χ4n) is 2.79. The van der Waals surface area contributed by atoms with Crippen molar-refractivity contribution in [2.24, 2.45) is 0 Å². The van der Waals surface area contributed by atoms with Crippen molar-refractivity contribution in [3.8, 4) is 11.4 Å². The maximum Gasteiger partial charge on any atom is 0.242 e. The van der Waals surface area contributed by atoms with Crippen LogP contribution in [-0.2, 0) is 11.3 Å². The molecule has 0 aliphatic carbocycles. The van der Waals surface area contributed by atoms with Gasteiger partial charge in [0, 0.05) is 30.5 Å². The van der Waals surface area contributed by atoms with Crippen molar-refractivity contribution in [3.63, 3.8) is 0 Å². The highest BCUT2D eigenvalue weighted by Crippen LogP contribution is 2.21. The molecule has 2 heterocycles. The van der Waals surface area contributed by atoms with Crippen LogP contribution in [0.15, 0.2) is 30.5 Å². The van der Waals surface area contributed by atoms with Gasteiger partial charge in [0.25, 0.3) is 0 Å². The Kier molecular flexibility index (Phi) is 3.64. The number of aryl methyl sites for hydroxylation is 1. The molecule has 2 aromatic rings. The lowest BCUT2D eigenvalue weighted by Crippen LogP contribution is -2.31. The van der Waals surface area contributed by atoms with Crippen LogP contribution in [0.3, 0.4) is 0 Å². The highest BCUT2D eigenvalue weighted by Gasteiger charge is 2.19. The number of amides is 1. The minimum Gasteiger partial charge on any atom is -0.399 e. The predicted molar refractivity (Wildman–Crippen MR) is 82.6 cm³/mol. The van der Waals surface area contributed by atoms with Crippen LogP contribution in [0.25, 0.3) is 11.4 Å². The van der Waals surface area contributed by atoms with E-state index < -0.39 is 0 Å². The second kappa shape index (κ2) is 5.60. The van der Waals surface area contributed by atoms with Crippen molar-refractivity contribution in [1.82, 2.24) is 14.5 Å². The lowest BCUT2D eigenvalue weighted by Gasteiger charge is -2.16. The summed E-state index contributed by atoms with van der Waals surface area (Å²) in [6, 6.07) is 7.61. The normalized spacial score (nSPS) is 14.6. The van der Waals surface area contributed by atoms with Crippen LogP contribution >= 0.6 is 0 Å². The maximum absolute atomic E-state index is 12.3. The molecular weight excluding hydrogens is 264 g/mol. The van der Waals surface area contributed by atoms with Crippen LogP contribution in [-0.4, -0.2) is 33.4 Å². The van der Waals surface area contributed by atoms with Gasteiger partial charge < -0.3 is 15.2 Å². The first-order valence-corrected chi connectivity index (χ1v) is 7.31. The van der Waals surface area contributed by atoms with E-state index in [4.69, 9.17) is 5.73 Å². The van der Waals surface area contributed by atoms with Crippen molar-refractivity contribution in [2.75, 3.05) is 18.8 Å². The third-order valence-corrected chi connectivity index (χ3v) is 3.81. The molecule has 1 aliphatic rings. The van der Waals surface area contributed by atoms with Crippen LogP contribution in [0.2, 0.25) is 0 Å². The van der Waals surface area contributed by atoms with Gasteiger partial charge in [0.1, 0.15) is 12.4 Å². The number of carbonyl (C=O) groups is 1. The minimum atomic E-state index is 0.162. The lowest BCUT2D eigenvalue weighted by molar-refractivity contribution is -0.130. The van der Waals surface area contributed by atoms with Gasteiger partial charge in [-0.3, -0.25) is 4.79 Å². The quantitative estimate of drug-likeness (QED) is 0.877. The topological polar surface area (TPSA) is 64.2 Å². The molecule has 5 heteroatoms. The number of anilines is 1. The summed E-state index contributed by atoms with van der Waals surface area (Å²) in [5.74, 6) is 0.961. The van der Waals surface area contributed by atoms with E-state index >= 15 is 0 Å². The number of nitrogens with zero attached hydrogens (tertiary/aromatic N) is 3. The molecule has 0 saturated carbocycles. The van der Waals surface area contributed by atoms with E-state index in [0.29, 0.717) is 12.2 Å². The molecule has 0 spiro atoms. The molecular formula is C16H20N4O. The zero-order valence-electron chi connectivity index (χ0n) is 12.2. The van der Waals surface area contributed by atoms with Crippen molar-refractivity contribution < 1.29 is 4.79 Å². The third kappa shape index (κ3) is 2.91. The van der Waals surface area contributed by atoms with E-state index in [2.05, 4.69) is 4.98 Å². The van der Waals surface area contributed by atoms with E-state index in [9.17, 15) is 4.79 Å². The fourth-order valence-corrected chi connectivity index (χ4v) is 2.79. The molecule has 1 aromatic carbocycles. The molecule has 0 unspecified atom stereocenters. The van der Waals surface area contributed by atoms with E-state index in [1.165, 1.54) is 0 Å². The molecule has 1 fully saturated rings. The molecule has 1 aromatic heterocycles.